The van der Waals surface area contributed by atoms with Crippen molar-refractivity contribution in [2.75, 3.05) is 31.6 Å². The highest BCUT2D eigenvalue weighted by atomic mass is 32.2. The van der Waals surface area contributed by atoms with Gasteiger partial charge in [-0.15, -0.1) is 0 Å². The van der Waals surface area contributed by atoms with Gasteiger partial charge in [-0.2, -0.15) is 0 Å². The third-order valence-electron chi connectivity index (χ3n) is 4.48. The van der Waals surface area contributed by atoms with Gasteiger partial charge in [-0.1, -0.05) is 36.4 Å². The first kappa shape index (κ1) is 16.8. The van der Waals surface area contributed by atoms with E-state index in [1.807, 2.05) is 11.0 Å². The summed E-state index contributed by atoms with van der Waals surface area (Å²) in [5.74, 6) is -0.617. The second-order valence-electron chi connectivity index (χ2n) is 6.10. The average Bonchev–Trinajstić information content (AvgIpc) is 2.91. The normalized spacial score (nSPS) is 18.5. The molecular formula is C19H18N2O4S. The molecule has 7 heteroatoms. The summed E-state index contributed by atoms with van der Waals surface area (Å²) >= 11 is 0. The molecule has 134 valence electrons. The molecule has 2 heterocycles. The van der Waals surface area contributed by atoms with Crippen molar-refractivity contribution in [3.8, 4) is 0 Å². The molecule has 1 saturated heterocycles. The van der Waals surface area contributed by atoms with Crippen molar-refractivity contribution in [3.05, 3.63) is 65.1 Å². The molecule has 0 bridgehead atoms. The second kappa shape index (κ2) is 6.59. The summed E-state index contributed by atoms with van der Waals surface area (Å²) < 4.78 is 31.6. The number of para-hydroxylation sites is 1. The van der Waals surface area contributed by atoms with E-state index in [1.165, 1.54) is 0 Å². The maximum atomic E-state index is 13.1. The molecule has 2 aromatic carbocycles. The van der Waals surface area contributed by atoms with Crippen LogP contribution in [0.1, 0.15) is 5.56 Å². The predicted molar refractivity (Wildman–Crippen MR) is 98.0 cm³/mol. The van der Waals surface area contributed by atoms with Crippen LogP contribution < -0.4 is 5.32 Å². The standard InChI is InChI=1S/C19H18N2O4S/c22-19(20-14-6-2-1-3-7-14)18-17(21-10-12-25-13-11-21)15-8-4-5-9-16(15)26(18,23)24/h1-9H,10-13H2,(H,20,22). The molecule has 2 aliphatic heterocycles. The Balaban J connectivity index is 1.83. The van der Waals surface area contributed by atoms with Crippen LogP contribution >= 0.6 is 0 Å². The van der Waals surface area contributed by atoms with Crippen molar-refractivity contribution in [1.82, 2.24) is 4.90 Å². The quantitative estimate of drug-likeness (QED) is 0.896. The van der Waals surface area contributed by atoms with E-state index < -0.39 is 15.7 Å². The van der Waals surface area contributed by atoms with Crippen molar-refractivity contribution >= 4 is 27.1 Å². The molecular weight excluding hydrogens is 352 g/mol. The summed E-state index contributed by atoms with van der Waals surface area (Å²) in [5.41, 5.74) is 1.60. The van der Waals surface area contributed by atoms with Gasteiger partial charge >= 0.3 is 0 Å². The lowest BCUT2D eigenvalue weighted by atomic mass is 10.1. The van der Waals surface area contributed by atoms with Gasteiger partial charge in [0.25, 0.3) is 5.91 Å². The van der Waals surface area contributed by atoms with Gasteiger partial charge in [-0.25, -0.2) is 8.42 Å². The molecule has 6 nitrogen and oxygen atoms in total. The Morgan fingerprint density at radius 3 is 2.35 bits per heavy atom. The van der Waals surface area contributed by atoms with Crippen LogP contribution in [0, 0.1) is 0 Å². The van der Waals surface area contributed by atoms with E-state index in [-0.39, 0.29) is 9.80 Å². The Kier molecular flexibility index (Phi) is 4.26. The summed E-state index contributed by atoms with van der Waals surface area (Å²) in [7, 11) is -3.88. The maximum absolute atomic E-state index is 13.1. The van der Waals surface area contributed by atoms with Crippen molar-refractivity contribution in [2.45, 2.75) is 4.90 Å². The Morgan fingerprint density at radius 1 is 0.962 bits per heavy atom. The van der Waals surface area contributed by atoms with Gasteiger partial charge in [0, 0.05) is 24.3 Å². The van der Waals surface area contributed by atoms with Crippen molar-refractivity contribution in [2.24, 2.45) is 0 Å². The number of nitrogens with one attached hydrogen (secondary N) is 1. The molecule has 0 radical (unpaired) electrons. The first-order chi connectivity index (χ1) is 12.6. The number of nitrogens with zero attached hydrogens (tertiary/aromatic N) is 1. The summed E-state index contributed by atoms with van der Waals surface area (Å²) in [6, 6.07) is 15.6. The highest BCUT2D eigenvalue weighted by Crippen LogP contribution is 2.41. The predicted octanol–water partition coefficient (Wildman–Crippen LogP) is 2.11. The fraction of sp³-hybridized carbons (Fsp3) is 0.211. The Bertz CT molecular complexity index is 978. The molecule has 4 rings (SSSR count). The minimum atomic E-state index is -3.88. The van der Waals surface area contributed by atoms with Crippen LogP contribution in [-0.2, 0) is 19.4 Å². The van der Waals surface area contributed by atoms with Crippen LogP contribution in [0.4, 0.5) is 5.69 Å². The molecule has 2 aromatic rings. The number of carbonyl (C=O) groups excluding carboxylic acids is 1. The van der Waals surface area contributed by atoms with Gasteiger partial charge in [0.15, 0.2) is 4.91 Å². The van der Waals surface area contributed by atoms with Gasteiger partial charge in [-0.05, 0) is 18.2 Å². The summed E-state index contributed by atoms with van der Waals surface area (Å²) in [6.45, 7) is 2.08. The molecule has 0 unspecified atom stereocenters. The lowest BCUT2D eigenvalue weighted by molar-refractivity contribution is -0.112. The third-order valence-corrected chi connectivity index (χ3v) is 6.33. The zero-order valence-corrected chi connectivity index (χ0v) is 14.8. The molecule has 1 N–H and O–H groups in total. The van der Waals surface area contributed by atoms with E-state index in [0.29, 0.717) is 43.3 Å². The number of fused-ring (bicyclic) bond motifs is 1. The summed E-state index contributed by atoms with van der Waals surface area (Å²) in [6.07, 6.45) is 0. The van der Waals surface area contributed by atoms with Gasteiger partial charge in [-0.3, -0.25) is 4.79 Å². The lowest BCUT2D eigenvalue weighted by Gasteiger charge is -2.30. The van der Waals surface area contributed by atoms with E-state index in [1.54, 1.807) is 48.5 Å². The molecule has 2 aliphatic rings. The minimum absolute atomic E-state index is 0.180. The van der Waals surface area contributed by atoms with Gasteiger partial charge in [0.05, 0.1) is 23.8 Å². The number of hydrogen-bond acceptors (Lipinski definition) is 5. The van der Waals surface area contributed by atoms with E-state index in [4.69, 9.17) is 4.74 Å². The molecule has 26 heavy (non-hydrogen) atoms. The van der Waals surface area contributed by atoms with Crippen molar-refractivity contribution in [1.29, 1.82) is 0 Å². The van der Waals surface area contributed by atoms with Crippen LogP contribution in [0.3, 0.4) is 0 Å². The molecule has 1 amide bonds. The minimum Gasteiger partial charge on any atom is -0.378 e. The number of carbonyl (C=O) groups is 1. The zero-order chi connectivity index (χ0) is 18.1. The number of benzene rings is 2. The molecule has 0 saturated carbocycles. The molecule has 1 fully saturated rings. The summed E-state index contributed by atoms with van der Waals surface area (Å²) in [4.78, 5) is 14.9. The van der Waals surface area contributed by atoms with E-state index in [9.17, 15) is 13.2 Å². The lowest BCUT2D eigenvalue weighted by Crippen LogP contribution is -2.36. The van der Waals surface area contributed by atoms with Crippen molar-refractivity contribution in [3.63, 3.8) is 0 Å². The van der Waals surface area contributed by atoms with E-state index in [0.717, 1.165) is 0 Å². The maximum Gasteiger partial charge on any atom is 0.269 e. The highest BCUT2D eigenvalue weighted by molar-refractivity contribution is 7.97. The van der Waals surface area contributed by atoms with Crippen LogP contribution in [0.15, 0.2) is 64.4 Å². The molecule has 0 aromatic heterocycles. The third kappa shape index (κ3) is 2.79. The van der Waals surface area contributed by atoms with Crippen molar-refractivity contribution < 1.29 is 17.9 Å². The number of hydrogen-bond donors (Lipinski definition) is 1. The second-order valence-corrected chi connectivity index (χ2v) is 7.95. The Labute approximate surface area is 152 Å². The van der Waals surface area contributed by atoms with E-state index in [2.05, 4.69) is 5.32 Å². The number of amides is 1. The molecule has 0 atom stereocenters. The highest BCUT2D eigenvalue weighted by Gasteiger charge is 2.42. The summed E-state index contributed by atoms with van der Waals surface area (Å²) in [5, 5.41) is 2.71. The van der Waals surface area contributed by atoms with Crippen LogP contribution in [0.2, 0.25) is 0 Å². The first-order valence-electron chi connectivity index (χ1n) is 8.37. The fourth-order valence-corrected chi connectivity index (χ4v) is 5.02. The number of rotatable bonds is 3. The SMILES string of the molecule is O=C(Nc1ccccc1)C1=C(N2CCOCC2)c2ccccc2S1(=O)=O. The first-order valence-corrected chi connectivity index (χ1v) is 9.85. The van der Waals surface area contributed by atoms with Crippen LogP contribution in [0.25, 0.3) is 5.70 Å². The number of ether oxygens (including phenoxy) is 1. The topological polar surface area (TPSA) is 75.7 Å². The smallest absolute Gasteiger partial charge is 0.269 e. The average molecular weight is 370 g/mol. The Hall–Kier alpha value is -2.64. The Morgan fingerprint density at radius 2 is 1.62 bits per heavy atom. The molecule has 0 aliphatic carbocycles. The number of anilines is 1. The fourth-order valence-electron chi connectivity index (χ4n) is 3.30. The molecule has 0 spiro atoms. The monoisotopic (exact) mass is 370 g/mol. The van der Waals surface area contributed by atoms with Gasteiger partial charge in [0.2, 0.25) is 9.84 Å². The van der Waals surface area contributed by atoms with Crippen LogP contribution in [-0.4, -0.2) is 45.5 Å². The van der Waals surface area contributed by atoms with Gasteiger partial charge < -0.3 is 15.0 Å². The van der Waals surface area contributed by atoms with Gasteiger partial charge in [0.1, 0.15) is 0 Å². The largest absolute Gasteiger partial charge is 0.378 e. The van der Waals surface area contributed by atoms with Crippen LogP contribution in [0.5, 0.6) is 0 Å². The number of sulfone groups is 1. The number of morpholine rings is 1. The zero-order valence-electron chi connectivity index (χ0n) is 14.0. The van der Waals surface area contributed by atoms with E-state index >= 15 is 0 Å².